The predicted octanol–water partition coefficient (Wildman–Crippen LogP) is 5.24. The molecule has 3 rings (SSSR count). The molecule has 0 aliphatic carbocycles. The number of aryl methyl sites for hydroxylation is 1. The van der Waals surface area contributed by atoms with Gasteiger partial charge in [-0.3, -0.25) is 4.79 Å². The van der Waals surface area contributed by atoms with Crippen LogP contribution in [0.2, 0.25) is 5.02 Å². The number of anilines is 2. The van der Waals surface area contributed by atoms with Crippen molar-refractivity contribution in [3.05, 3.63) is 63.4 Å². The van der Waals surface area contributed by atoms with Gasteiger partial charge in [0, 0.05) is 23.8 Å². The van der Waals surface area contributed by atoms with Crippen molar-refractivity contribution in [1.29, 1.82) is 5.26 Å². The zero-order valence-electron chi connectivity index (χ0n) is 15.9. The second-order valence-corrected chi connectivity index (χ2v) is 7.30. The average Bonchev–Trinajstić information content (AvgIpc) is 3.20. The summed E-state index contributed by atoms with van der Waals surface area (Å²) in [6.45, 7) is 5.32. The first kappa shape index (κ1) is 19.9. The lowest BCUT2D eigenvalue weighted by molar-refractivity contribution is -0.112. The van der Waals surface area contributed by atoms with Gasteiger partial charge in [0.05, 0.1) is 5.69 Å². The van der Waals surface area contributed by atoms with Gasteiger partial charge in [0.15, 0.2) is 0 Å². The van der Waals surface area contributed by atoms with Gasteiger partial charge >= 0.3 is 0 Å². The fraction of sp³-hybridized carbons (Fsp3) is 0.273. The van der Waals surface area contributed by atoms with Crippen molar-refractivity contribution >= 4 is 35.0 Å². The van der Waals surface area contributed by atoms with Crippen LogP contribution in [0.25, 0.3) is 6.08 Å². The average molecular weight is 398 g/mol. The molecule has 4 nitrogen and oxygen atoms in total. The van der Waals surface area contributed by atoms with E-state index in [0.717, 1.165) is 31.5 Å². The zero-order chi connectivity index (χ0) is 20.3. The molecule has 144 valence electrons. The fourth-order valence-corrected chi connectivity index (χ4v) is 3.45. The normalized spacial score (nSPS) is 14.1. The molecule has 0 bridgehead atoms. The van der Waals surface area contributed by atoms with Gasteiger partial charge in [-0.05, 0) is 73.7 Å². The Balaban J connectivity index is 1.87. The maximum atomic E-state index is 14.6. The second kappa shape index (κ2) is 8.45. The van der Waals surface area contributed by atoms with Gasteiger partial charge in [0.1, 0.15) is 17.5 Å². The van der Waals surface area contributed by atoms with Crippen LogP contribution in [0.4, 0.5) is 15.8 Å². The number of nitrogens with zero attached hydrogens (tertiary/aromatic N) is 2. The summed E-state index contributed by atoms with van der Waals surface area (Å²) in [6.07, 6.45) is 3.53. The molecule has 6 heteroatoms. The Kier molecular flexibility index (Phi) is 6.01. The maximum Gasteiger partial charge on any atom is 0.266 e. The van der Waals surface area contributed by atoms with E-state index in [1.807, 2.05) is 17.9 Å². The van der Waals surface area contributed by atoms with E-state index in [1.165, 1.54) is 12.1 Å². The van der Waals surface area contributed by atoms with Crippen molar-refractivity contribution in [1.82, 2.24) is 0 Å². The third-order valence-electron chi connectivity index (χ3n) is 4.96. The van der Waals surface area contributed by atoms with E-state index in [2.05, 4.69) is 5.32 Å². The highest BCUT2D eigenvalue weighted by Crippen LogP contribution is 2.28. The number of amides is 1. The van der Waals surface area contributed by atoms with Crippen LogP contribution in [0.5, 0.6) is 0 Å². The van der Waals surface area contributed by atoms with Crippen molar-refractivity contribution in [2.24, 2.45) is 0 Å². The molecule has 0 spiro atoms. The Bertz CT molecular complexity index is 988. The zero-order valence-corrected chi connectivity index (χ0v) is 16.6. The van der Waals surface area contributed by atoms with E-state index in [0.29, 0.717) is 27.5 Å². The highest BCUT2D eigenvalue weighted by Gasteiger charge is 2.18. The molecule has 0 atom stereocenters. The van der Waals surface area contributed by atoms with Gasteiger partial charge in [-0.2, -0.15) is 5.26 Å². The molecule has 28 heavy (non-hydrogen) atoms. The molecular weight excluding hydrogens is 377 g/mol. The summed E-state index contributed by atoms with van der Waals surface area (Å²) in [7, 11) is 0. The van der Waals surface area contributed by atoms with Gasteiger partial charge in [-0.1, -0.05) is 17.7 Å². The van der Waals surface area contributed by atoms with Crippen LogP contribution in [-0.4, -0.2) is 19.0 Å². The molecule has 1 heterocycles. The van der Waals surface area contributed by atoms with Crippen molar-refractivity contribution in [2.75, 3.05) is 23.3 Å². The molecule has 1 fully saturated rings. The Morgan fingerprint density at radius 3 is 2.68 bits per heavy atom. The minimum Gasteiger partial charge on any atom is -0.369 e. The van der Waals surface area contributed by atoms with Gasteiger partial charge in [-0.15, -0.1) is 0 Å². The lowest BCUT2D eigenvalue weighted by atomic mass is 10.0. The summed E-state index contributed by atoms with van der Waals surface area (Å²) in [5, 5.41) is 12.7. The standard InChI is InChI=1S/C22H21ClFN3O/c1-14-10-21(27-8-3-4-9-27)19(24)12-16(14)11-17(13-25)22(28)26-20-7-5-6-18(23)15(20)2/h5-7,10-12H,3-4,8-9H2,1-2H3,(H,26,28)/b17-11-. The van der Waals surface area contributed by atoms with Crippen LogP contribution in [0, 0.1) is 31.0 Å². The third-order valence-corrected chi connectivity index (χ3v) is 5.37. The molecular formula is C22H21ClFN3O. The molecule has 2 aromatic rings. The number of hydrogen-bond acceptors (Lipinski definition) is 3. The molecule has 0 radical (unpaired) electrons. The van der Waals surface area contributed by atoms with Crippen molar-refractivity contribution < 1.29 is 9.18 Å². The Labute approximate surface area is 169 Å². The fourth-order valence-electron chi connectivity index (χ4n) is 3.27. The highest BCUT2D eigenvalue weighted by atomic mass is 35.5. The summed E-state index contributed by atoms with van der Waals surface area (Å²) in [4.78, 5) is 14.6. The van der Waals surface area contributed by atoms with Crippen LogP contribution in [-0.2, 0) is 4.79 Å². The van der Waals surface area contributed by atoms with Crippen molar-refractivity contribution in [2.45, 2.75) is 26.7 Å². The monoisotopic (exact) mass is 397 g/mol. The molecule has 1 amide bonds. The minimum absolute atomic E-state index is 0.101. The summed E-state index contributed by atoms with van der Waals surface area (Å²) in [5.41, 5.74) is 3.04. The SMILES string of the molecule is Cc1cc(N2CCCC2)c(F)cc1/C=C(/C#N)C(=O)Nc1cccc(Cl)c1C. The van der Waals surface area contributed by atoms with E-state index in [4.69, 9.17) is 11.6 Å². The Morgan fingerprint density at radius 1 is 1.29 bits per heavy atom. The number of halogens is 2. The Morgan fingerprint density at radius 2 is 2.00 bits per heavy atom. The summed E-state index contributed by atoms with van der Waals surface area (Å²) < 4.78 is 14.6. The van der Waals surface area contributed by atoms with Gasteiger partial charge in [0.2, 0.25) is 0 Å². The van der Waals surface area contributed by atoms with E-state index in [1.54, 1.807) is 31.2 Å². The largest absolute Gasteiger partial charge is 0.369 e. The van der Waals surface area contributed by atoms with Crippen LogP contribution in [0.1, 0.15) is 29.5 Å². The lowest BCUT2D eigenvalue weighted by Crippen LogP contribution is -2.19. The van der Waals surface area contributed by atoms with Crippen molar-refractivity contribution in [3.8, 4) is 6.07 Å². The number of carbonyl (C=O) groups is 1. The van der Waals surface area contributed by atoms with Crippen LogP contribution < -0.4 is 10.2 Å². The van der Waals surface area contributed by atoms with Gasteiger partial charge in [0.25, 0.3) is 5.91 Å². The number of nitrogens with one attached hydrogen (secondary N) is 1. The molecule has 1 aliphatic rings. The first-order chi connectivity index (χ1) is 13.4. The topological polar surface area (TPSA) is 56.1 Å². The van der Waals surface area contributed by atoms with E-state index < -0.39 is 5.91 Å². The van der Waals surface area contributed by atoms with Crippen LogP contribution in [0.15, 0.2) is 35.9 Å². The number of nitriles is 1. The summed E-state index contributed by atoms with van der Waals surface area (Å²) in [6, 6.07) is 10.2. The lowest BCUT2D eigenvalue weighted by Gasteiger charge is -2.19. The molecule has 1 aliphatic heterocycles. The van der Waals surface area contributed by atoms with Crippen molar-refractivity contribution in [3.63, 3.8) is 0 Å². The molecule has 2 aromatic carbocycles. The molecule has 0 aromatic heterocycles. The number of rotatable bonds is 4. The molecule has 1 saturated heterocycles. The van der Waals surface area contributed by atoms with Crippen LogP contribution >= 0.6 is 11.6 Å². The maximum absolute atomic E-state index is 14.6. The number of carbonyl (C=O) groups excluding carboxylic acids is 1. The Hall–Kier alpha value is -2.84. The first-order valence-electron chi connectivity index (χ1n) is 9.14. The predicted molar refractivity (Wildman–Crippen MR) is 111 cm³/mol. The highest BCUT2D eigenvalue weighted by molar-refractivity contribution is 6.31. The second-order valence-electron chi connectivity index (χ2n) is 6.89. The summed E-state index contributed by atoms with van der Waals surface area (Å²) >= 11 is 6.07. The number of hydrogen-bond donors (Lipinski definition) is 1. The first-order valence-corrected chi connectivity index (χ1v) is 9.52. The molecule has 0 saturated carbocycles. The van der Waals surface area contributed by atoms with E-state index >= 15 is 0 Å². The third kappa shape index (κ3) is 4.18. The minimum atomic E-state index is -0.559. The number of benzene rings is 2. The molecule has 1 N–H and O–H groups in total. The van der Waals surface area contributed by atoms with Gasteiger partial charge in [-0.25, -0.2) is 4.39 Å². The van der Waals surface area contributed by atoms with Gasteiger partial charge < -0.3 is 10.2 Å². The smallest absolute Gasteiger partial charge is 0.266 e. The van der Waals surface area contributed by atoms with E-state index in [-0.39, 0.29) is 11.4 Å². The van der Waals surface area contributed by atoms with Crippen LogP contribution in [0.3, 0.4) is 0 Å². The quantitative estimate of drug-likeness (QED) is 0.566. The van der Waals surface area contributed by atoms with E-state index in [9.17, 15) is 14.4 Å². The molecule has 0 unspecified atom stereocenters. The summed E-state index contributed by atoms with van der Waals surface area (Å²) in [5.74, 6) is -0.904.